The smallest absolute Gasteiger partial charge is 0.106 e. The van der Waals surface area contributed by atoms with Gasteiger partial charge in [0.1, 0.15) is 6.04 Å². The molecule has 0 radical (unpaired) electrons. The van der Waals surface area contributed by atoms with Crippen molar-refractivity contribution in [3.05, 3.63) is 4.91 Å². The van der Waals surface area contributed by atoms with Crippen LogP contribution in [0.4, 0.5) is 0 Å². The van der Waals surface area contributed by atoms with Crippen LogP contribution in [0.2, 0.25) is 0 Å². The van der Waals surface area contributed by atoms with E-state index in [0.29, 0.717) is 0 Å². The third-order valence-electron chi connectivity index (χ3n) is 1.52. The van der Waals surface area contributed by atoms with Gasteiger partial charge in [0, 0.05) is 13.1 Å². The Hall–Kier alpha value is -0.440. The van der Waals surface area contributed by atoms with Crippen LogP contribution in [0.3, 0.4) is 0 Å². The molecule has 0 N–H and O–H groups in total. The first kappa shape index (κ1) is 5.69. The summed E-state index contributed by atoms with van der Waals surface area (Å²) in [7, 11) is 2.01. The molecule has 1 heterocycles. The van der Waals surface area contributed by atoms with Crippen molar-refractivity contribution in [3.63, 3.8) is 0 Å². The molecule has 0 unspecified atom stereocenters. The monoisotopic (exact) mass is 114 g/mol. The van der Waals surface area contributed by atoms with E-state index in [1.165, 1.54) is 0 Å². The Balaban J connectivity index is 2.32. The Morgan fingerprint density at radius 2 is 2.50 bits per heavy atom. The van der Waals surface area contributed by atoms with Crippen molar-refractivity contribution in [1.29, 1.82) is 0 Å². The predicted molar refractivity (Wildman–Crippen MR) is 31.7 cm³/mol. The van der Waals surface area contributed by atoms with E-state index in [1.807, 2.05) is 7.05 Å². The minimum atomic E-state index is 0.0694. The van der Waals surface area contributed by atoms with Crippen molar-refractivity contribution in [2.75, 3.05) is 20.1 Å². The fourth-order valence-electron chi connectivity index (χ4n) is 0.998. The van der Waals surface area contributed by atoms with E-state index in [1.54, 1.807) is 0 Å². The molecule has 0 saturated carbocycles. The van der Waals surface area contributed by atoms with Crippen molar-refractivity contribution < 1.29 is 0 Å². The van der Waals surface area contributed by atoms with Crippen LogP contribution in [-0.2, 0) is 0 Å². The molecule has 1 atom stereocenters. The van der Waals surface area contributed by atoms with Crippen molar-refractivity contribution in [1.82, 2.24) is 4.90 Å². The second kappa shape index (κ2) is 2.22. The molecule has 3 nitrogen and oxygen atoms in total. The maximum absolute atomic E-state index is 9.88. The number of hydrogen-bond acceptors (Lipinski definition) is 3. The molecule has 3 heteroatoms. The lowest BCUT2D eigenvalue weighted by atomic mass is 10.3. The topological polar surface area (TPSA) is 32.7 Å². The number of nitrogens with zero attached hydrogens (tertiary/aromatic N) is 2. The number of nitroso groups, excluding NO2 is 1. The maximum atomic E-state index is 9.88. The van der Waals surface area contributed by atoms with Gasteiger partial charge in [-0.25, -0.2) is 0 Å². The molecule has 1 fully saturated rings. The molecule has 1 saturated heterocycles. The standard InChI is InChI=1S/C5H10N2O/c1-7-3-2-5(4-7)6-8/h5H,2-4H2,1H3/t5-/m1/s1. The van der Waals surface area contributed by atoms with Gasteiger partial charge in [-0.15, -0.1) is 0 Å². The minimum Gasteiger partial charge on any atom is -0.304 e. The summed E-state index contributed by atoms with van der Waals surface area (Å²) in [5.41, 5.74) is 0. The first-order valence-electron chi connectivity index (χ1n) is 2.84. The van der Waals surface area contributed by atoms with Crippen LogP contribution in [0.15, 0.2) is 5.18 Å². The summed E-state index contributed by atoms with van der Waals surface area (Å²) in [5, 5.41) is 2.95. The molecular weight excluding hydrogens is 104 g/mol. The lowest BCUT2D eigenvalue weighted by molar-refractivity contribution is 0.411. The molecule has 1 rings (SSSR count). The van der Waals surface area contributed by atoms with Crippen LogP contribution in [0.25, 0.3) is 0 Å². The highest BCUT2D eigenvalue weighted by Gasteiger charge is 2.18. The molecule has 0 aromatic rings. The zero-order chi connectivity index (χ0) is 5.98. The largest absolute Gasteiger partial charge is 0.304 e. The molecule has 0 aromatic carbocycles. The first-order valence-corrected chi connectivity index (χ1v) is 2.84. The highest BCUT2D eigenvalue weighted by atomic mass is 16.3. The van der Waals surface area contributed by atoms with Crippen LogP contribution in [-0.4, -0.2) is 31.1 Å². The Bertz CT molecular complexity index is 94.4. The van der Waals surface area contributed by atoms with Crippen molar-refractivity contribution in [3.8, 4) is 0 Å². The SMILES string of the molecule is CN1CC[C@@H](N=O)C1. The van der Waals surface area contributed by atoms with Gasteiger partial charge in [0.05, 0.1) is 0 Å². The van der Waals surface area contributed by atoms with Gasteiger partial charge in [0.25, 0.3) is 0 Å². The van der Waals surface area contributed by atoms with E-state index in [-0.39, 0.29) is 6.04 Å². The van der Waals surface area contributed by atoms with Crippen LogP contribution >= 0.6 is 0 Å². The summed E-state index contributed by atoms with van der Waals surface area (Å²) < 4.78 is 0. The third kappa shape index (κ3) is 1.04. The van der Waals surface area contributed by atoms with Crippen LogP contribution in [0.5, 0.6) is 0 Å². The highest BCUT2D eigenvalue weighted by molar-refractivity contribution is 4.77. The Morgan fingerprint density at radius 3 is 2.75 bits per heavy atom. The molecule has 0 spiro atoms. The summed E-state index contributed by atoms with van der Waals surface area (Å²) >= 11 is 0. The summed E-state index contributed by atoms with van der Waals surface area (Å²) in [4.78, 5) is 12.0. The van der Waals surface area contributed by atoms with E-state index in [9.17, 15) is 4.91 Å². The fourth-order valence-corrected chi connectivity index (χ4v) is 0.998. The Morgan fingerprint density at radius 1 is 1.75 bits per heavy atom. The average Bonchev–Trinajstić information content (AvgIpc) is 2.14. The average molecular weight is 114 g/mol. The number of rotatable bonds is 1. The normalized spacial score (nSPS) is 30.9. The van der Waals surface area contributed by atoms with Gasteiger partial charge in [0.15, 0.2) is 0 Å². The van der Waals surface area contributed by atoms with E-state index < -0.39 is 0 Å². The van der Waals surface area contributed by atoms with Gasteiger partial charge in [-0.1, -0.05) is 5.18 Å². The second-order valence-corrected chi connectivity index (χ2v) is 2.31. The van der Waals surface area contributed by atoms with Crippen LogP contribution in [0, 0.1) is 4.91 Å². The number of likely N-dealkylation sites (tertiary alicyclic amines) is 1. The number of likely N-dealkylation sites (N-methyl/N-ethyl adjacent to an activating group) is 1. The summed E-state index contributed by atoms with van der Waals surface area (Å²) in [5.74, 6) is 0. The Labute approximate surface area is 48.6 Å². The number of hydrogen-bond donors (Lipinski definition) is 0. The maximum Gasteiger partial charge on any atom is 0.106 e. The van der Waals surface area contributed by atoms with E-state index in [2.05, 4.69) is 10.1 Å². The molecule has 1 aliphatic rings. The molecular formula is C5H10N2O. The summed E-state index contributed by atoms with van der Waals surface area (Å²) in [6, 6.07) is 0.0694. The predicted octanol–water partition coefficient (Wildman–Crippen LogP) is 0.457. The Kier molecular flexibility index (Phi) is 1.58. The van der Waals surface area contributed by atoms with Crippen molar-refractivity contribution in [2.45, 2.75) is 12.5 Å². The van der Waals surface area contributed by atoms with Gasteiger partial charge in [-0.2, -0.15) is 4.91 Å². The van der Waals surface area contributed by atoms with Crippen molar-refractivity contribution in [2.24, 2.45) is 5.18 Å². The van der Waals surface area contributed by atoms with Gasteiger partial charge in [-0.05, 0) is 13.5 Å². The quantitative estimate of drug-likeness (QED) is 0.464. The van der Waals surface area contributed by atoms with Gasteiger partial charge in [0.2, 0.25) is 0 Å². The zero-order valence-electron chi connectivity index (χ0n) is 5.00. The summed E-state index contributed by atoms with van der Waals surface area (Å²) in [6.45, 7) is 1.87. The third-order valence-corrected chi connectivity index (χ3v) is 1.52. The minimum absolute atomic E-state index is 0.0694. The molecule has 46 valence electrons. The summed E-state index contributed by atoms with van der Waals surface area (Å²) in [6.07, 6.45) is 0.944. The molecule has 0 bridgehead atoms. The molecule has 0 aromatic heterocycles. The lowest BCUT2D eigenvalue weighted by Crippen LogP contribution is -2.14. The zero-order valence-corrected chi connectivity index (χ0v) is 5.00. The molecule has 8 heavy (non-hydrogen) atoms. The van der Waals surface area contributed by atoms with Crippen LogP contribution in [0.1, 0.15) is 6.42 Å². The van der Waals surface area contributed by atoms with Crippen molar-refractivity contribution >= 4 is 0 Å². The van der Waals surface area contributed by atoms with Gasteiger partial charge >= 0.3 is 0 Å². The van der Waals surface area contributed by atoms with E-state index in [0.717, 1.165) is 19.5 Å². The molecule has 0 amide bonds. The fraction of sp³-hybridized carbons (Fsp3) is 1.00. The van der Waals surface area contributed by atoms with E-state index in [4.69, 9.17) is 0 Å². The van der Waals surface area contributed by atoms with Crippen LogP contribution < -0.4 is 0 Å². The van der Waals surface area contributed by atoms with Gasteiger partial charge in [-0.3, -0.25) is 0 Å². The van der Waals surface area contributed by atoms with Gasteiger partial charge < -0.3 is 4.90 Å². The molecule has 1 aliphatic heterocycles. The first-order chi connectivity index (χ1) is 3.83. The van der Waals surface area contributed by atoms with E-state index >= 15 is 0 Å². The highest BCUT2D eigenvalue weighted by Crippen LogP contribution is 2.08. The molecule has 0 aliphatic carbocycles. The second-order valence-electron chi connectivity index (χ2n) is 2.31. The lowest BCUT2D eigenvalue weighted by Gasteiger charge is -2.02.